The number of likely N-dealkylation sites (tertiary alicyclic amines) is 1. The quantitative estimate of drug-likeness (QED) is 0.685. The van der Waals surface area contributed by atoms with Gasteiger partial charge >= 0.3 is 0 Å². The lowest BCUT2D eigenvalue weighted by Gasteiger charge is -2.28. The Bertz CT molecular complexity index is 517. The van der Waals surface area contributed by atoms with Gasteiger partial charge in [0, 0.05) is 26.7 Å². The zero-order valence-electron chi connectivity index (χ0n) is 14.7. The summed E-state index contributed by atoms with van der Waals surface area (Å²) in [5.74, 6) is 2.03. The average Bonchev–Trinajstić information content (AvgIpc) is 3.27. The third kappa shape index (κ3) is 3.55. The van der Waals surface area contributed by atoms with E-state index < -0.39 is 0 Å². The fraction of sp³-hybridized carbons (Fsp3) is 0.722. The van der Waals surface area contributed by atoms with Crippen molar-refractivity contribution in [2.24, 2.45) is 10.4 Å². The van der Waals surface area contributed by atoms with E-state index in [1.165, 1.54) is 38.6 Å². The highest BCUT2D eigenvalue weighted by Gasteiger charge is 2.41. The van der Waals surface area contributed by atoms with Crippen molar-refractivity contribution in [2.75, 3.05) is 40.8 Å². The number of furan rings is 1. The number of aliphatic imine (C=N–C) groups is 1. The van der Waals surface area contributed by atoms with Crippen LogP contribution in [0, 0.1) is 5.41 Å². The van der Waals surface area contributed by atoms with Crippen LogP contribution in [0.2, 0.25) is 0 Å². The van der Waals surface area contributed by atoms with Crippen molar-refractivity contribution in [1.82, 2.24) is 15.1 Å². The molecular formula is C18H30N4O. The summed E-state index contributed by atoms with van der Waals surface area (Å²) in [6.45, 7) is 3.10. The van der Waals surface area contributed by atoms with Gasteiger partial charge < -0.3 is 14.6 Å². The Balaban J connectivity index is 1.59. The topological polar surface area (TPSA) is 44.0 Å². The molecule has 0 radical (unpaired) electrons. The summed E-state index contributed by atoms with van der Waals surface area (Å²) < 4.78 is 5.59. The van der Waals surface area contributed by atoms with Crippen LogP contribution in [0.25, 0.3) is 0 Å². The minimum Gasteiger partial charge on any atom is -0.468 e. The number of hydrogen-bond acceptors (Lipinski definition) is 3. The van der Waals surface area contributed by atoms with Gasteiger partial charge in [0.25, 0.3) is 0 Å². The van der Waals surface area contributed by atoms with Crippen molar-refractivity contribution in [3.63, 3.8) is 0 Å². The highest BCUT2D eigenvalue weighted by atomic mass is 16.3. The van der Waals surface area contributed by atoms with Crippen LogP contribution in [0.5, 0.6) is 0 Å². The van der Waals surface area contributed by atoms with Crippen LogP contribution in [-0.2, 0) is 0 Å². The number of rotatable bonds is 4. The Morgan fingerprint density at radius 2 is 2.17 bits per heavy atom. The lowest BCUT2D eigenvalue weighted by atomic mass is 9.86. The van der Waals surface area contributed by atoms with Gasteiger partial charge in [-0.2, -0.15) is 0 Å². The summed E-state index contributed by atoms with van der Waals surface area (Å²) in [6.07, 6.45) is 8.66. The van der Waals surface area contributed by atoms with Crippen LogP contribution >= 0.6 is 0 Å². The molecule has 3 rings (SSSR count). The van der Waals surface area contributed by atoms with E-state index in [0.29, 0.717) is 5.41 Å². The van der Waals surface area contributed by atoms with Crippen LogP contribution in [0.4, 0.5) is 0 Å². The van der Waals surface area contributed by atoms with Gasteiger partial charge in [-0.15, -0.1) is 0 Å². The Morgan fingerprint density at radius 3 is 2.78 bits per heavy atom. The molecule has 0 aromatic carbocycles. The van der Waals surface area contributed by atoms with Gasteiger partial charge in [0.05, 0.1) is 12.3 Å². The van der Waals surface area contributed by atoms with Crippen molar-refractivity contribution in [3.8, 4) is 0 Å². The third-order valence-corrected chi connectivity index (χ3v) is 5.56. The van der Waals surface area contributed by atoms with Crippen molar-refractivity contribution in [3.05, 3.63) is 24.2 Å². The summed E-state index contributed by atoms with van der Waals surface area (Å²) in [7, 11) is 6.06. The predicted molar refractivity (Wildman–Crippen MR) is 93.6 cm³/mol. The smallest absolute Gasteiger partial charge is 0.193 e. The highest BCUT2D eigenvalue weighted by molar-refractivity contribution is 5.80. The maximum Gasteiger partial charge on any atom is 0.193 e. The molecule has 2 aliphatic rings. The number of hydrogen-bond donors (Lipinski definition) is 1. The van der Waals surface area contributed by atoms with Crippen molar-refractivity contribution < 1.29 is 4.42 Å². The molecule has 5 nitrogen and oxygen atoms in total. The molecule has 1 aliphatic carbocycles. The fourth-order valence-electron chi connectivity index (χ4n) is 4.19. The molecule has 1 saturated heterocycles. The molecular weight excluding hydrogens is 288 g/mol. The molecule has 1 aromatic heterocycles. The van der Waals surface area contributed by atoms with Gasteiger partial charge in [0.2, 0.25) is 0 Å². The zero-order valence-corrected chi connectivity index (χ0v) is 14.7. The van der Waals surface area contributed by atoms with Gasteiger partial charge in [-0.05, 0) is 50.9 Å². The zero-order chi connectivity index (χ0) is 16.3. The summed E-state index contributed by atoms with van der Waals surface area (Å²) in [6, 6.07) is 4.20. The molecule has 1 aromatic rings. The van der Waals surface area contributed by atoms with Crippen LogP contribution in [-0.4, -0.2) is 56.5 Å². The molecule has 1 unspecified atom stereocenters. The largest absolute Gasteiger partial charge is 0.468 e. The van der Waals surface area contributed by atoms with Crippen molar-refractivity contribution >= 4 is 5.96 Å². The predicted octanol–water partition coefficient (Wildman–Crippen LogP) is 2.72. The van der Waals surface area contributed by atoms with E-state index in [9.17, 15) is 0 Å². The Kier molecular flexibility index (Phi) is 4.95. The molecule has 0 amide bonds. The van der Waals surface area contributed by atoms with E-state index in [1.54, 1.807) is 6.26 Å². The monoisotopic (exact) mass is 318 g/mol. The van der Waals surface area contributed by atoms with Gasteiger partial charge in [-0.1, -0.05) is 12.8 Å². The van der Waals surface area contributed by atoms with Gasteiger partial charge in [0.15, 0.2) is 5.96 Å². The molecule has 23 heavy (non-hydrogen) atoms. The average molecular weight is 318 g/mol. The second kappa shape index (κ2) is 6.95. The second-order valence-corrected chi connectivity index (χ2v) is 7.30. The number of guanidine groups is 1. The first-order chi connectivity index (χ1) is 11.1. The summed E-state index contributed by atoms with van der Waals surface area (Å²) >= 11 is 0. The highest BCUT2D eigenvalue weighted by Crippen LogP contribution is 2.45. The van der Waals surface area contributed by atoms with Crippen molar-refractivity contribution in [2.45, 2.75) is 38.1 Å². The van der Waals surface area contributed by atoms with Crippen LogP contribution in [0.15, 0.2) is 27.8 Å². The Labute approximate surface area is 139 Å². The first kappa shape index (κ1) is 16.4. The minimum atomic E-state index is 0.213. The molecule has 1 aliphatic heterocycles. The summed E-state index contributed by atoms with van der Waals surface area (Å²) in [5, 5.41) is 3.56. The van der Waals surface area contributed by atoms with E-state index >= 15 is 0 Å². The van der Waals surface area contributed by atoms with E-state index in [0.717, 1.165) is 24.8 Å². The fourth-order valence-corrected chi connectivity index (χ4v) is 4.19. The molecule has 1 atom stereocenters. The van der Waals surface area contributed by atoms with Crippen LogP contribution in [0.3, 0.4) is 0 Å². The molecule has 0 bridgehead atoms. The Hall–Kier alpha value is -1.49. The SMILES string of the molecule is CN=C(NCC(c1ccco1)N(C)C)N1CCC2(CCCC2)C1. The van der Waals surface area contributed by atoms with Crippen LogP contribution < -0.4 is 5.32 Å². The summed E-state index contributed by atoms with van der Waals surface area (Å²) in [5.41, 5.74) is 0.569. The second-order valence-electron chi connectivity index (χ2n) is 7.30. The standard InChI is InChI=1S/C18H30N4O/c1-19-17(22-11-10-18(14-22)8-4-5-9-18)20-13-15(21(2)3)16-7-6-12-23-16/h6-7,12,15H,4-5,8-11,13-14H2,1-3H3,(H,19,20). The molecule has 5 heteroatoms. The molecule has 1 spiro atoms. The lowest BCUT2D eigenvalue weighted by Crippen LogP contribution is -2.44. The summed E-state index contributed by atoms with van der Waals surface area (Å²) in [4.78, 5) is 9.15. The normalized spacial score (nSPS) is 22.3. The van der Waals surface area contributed by atoms with E-state index in [1.807, 2.05) is 19.2 Å². The first-order valence-electron chi connectivity index (χ1n) is 8.79. The maximum absolute atomic E-state index is 5.59. The number of nitrogens with one attached hydrogen (secondary N) is 1. The van der Waals surface area contributed by atoms with Gasteiger partial charge in [-0.3, -0.25) is 9.89 Å². The number of likely N-dealkylation sites (N-methyl/N-ethyl adjacent to an activating group) is 1. The molecule has 1 N–H and O–H groups in total. The van der Waals surface area contributed by atoms with E-state index in [2.05, 4.69) is 34.2 Å². The lowest BCUT2D eigenvalue weighted by molar-refractivity contribution is 0.255. The maximum atomic E-state index is 5.59. The molecule has 2 heterocycles. The third-order valence-electron chi connectivity index (χ3n) is 5.56. The van der Waals surface area contributed by atoms with Crippen molar-refractivity contribution in [1.29, 1.82) is 0 Å². The minimum absolute atomic E-state index is 0.213. The first-order valence-corrected chi connectivity index (χ1v) is 8.79. The molecule has 1 saturated carbocycles. The number of nitrogens with zero attached hydrogens (tertiary/aromatic N) is 3. The van der Waals surface area contributed by atoms with E-state index in [-0.39, 0.29) is 6.04 Å². The van der Waals surface area contributed by atoms with Gasteiger partial charge in [0.1, 0.15) is 5.76 Å². The van der Waals surface area contributed by atoms with Crippen LogP contribution in [0.1, 0.15) is 43.9 Å². The van der Waals surface area contributed by atoms with E-state index in [4.69, 9.17) is 4.42 Å². The molecule has 2 fully saturated rings. The molecule has 128 valence electrons. The Morgan fingerprint density at radius 1 is 1.39 bits per heavy atom. The van der Waals surface area contributed by atoms with Gasteiger partial charge in [-0.25, -0.2) is 0 Å².